The lowest BCUT2D eigenvalue weighted by atomic mass is 9.90. The van der Waals surface area contributed by atoms with Crippen LogP contribution in [0.25, 0.3) is 0 Å². The van der Waals surface area contributed by atoms with E-state index in [0.29, 0.717) is 13.0 Å². The predicted molar refractivity (Wildman–Crippen MR) is 72.0 cm³/mol. The fourth-order valence-corrected chi connectivity index (χ4v) is 1.25. The quantitative estimate of drug-likeness (QED) is 0.805. The maximum Gasteiger partial charge on any atom is 0.220 e. The molecular weight excluding hydrogens is 214 g/mol. The number of hydrogen-bond donors (Lipinski definition) is 1. The molecule has 1 unspecified atom stereocenters. The number of carbonyl (C=O) groups is 1. The molecule has 0 heterocycles. The van der Waals surface area contributed by atoms with E-state index in [0.717, 1.165) is 6.42 Å². The molecule has 1 atom stereocenters. The first-order chi connectivity index (χ1) is 7.49. The van der Waals surface area contributed by atoms with Crippen molar-refractivity contribution in [2.75, 3.05) is 6.61 Å². The highest BCUT2D eigenvalue weighted by Crippen LogP contribution is 2.20. The maximum absolute atomic E-state index is 11.7. The van der Waals surface area contributed by atoms with Gasteiger partial charge in [0.05, 0.1) is 12.2 Å². The van der Waals surface area contributed by atoms with Crippen molar-refractivity contribution in [3.8, 4) is 0 Å². The molecule has 0 aromatic carbocycles. The Morgan fingerprint density at radius 3 is 2.12 bits per heavy atom. The fraction of sp³-hybridized carbons (Fsp3) is 0.929. The summed E-state index contributed by atoms with van der Waals surface area (Å²) in [5, 5.41) is 2.96. The van der Waals surface area contributed by atoms with E-state index in [4.69, 9.17) is 4.74 Å². The smallest absolute Gasteiger partial charge is 0.220 e. The zero-order chi connectivity index (χ0) is 13.7. The molecule has 0 rings (SSSR count). The van der Waals surface area contributed by atoms with Crippen LogP contribution < -0.4 is 5.32 Å². The summed E-state index contributed by atoms with van der Waals surface area (Å²) in [5.74, 6) is 0.116. The van der Waals surface area contributed by atoms with Gasteiger partial charge in [-0.3, -0.25) is 4.79 Å². The third kappa shape index (κ3) is 11.7. The second-order valence-electron chi connectivity index (χ2n) is 6.95. The van der Waals surface area contributed by atoms with E-state index in [2.05, 4.69) is 26.1 Å². The molecule has 0 fully saturated rings. The summed E-state index contributed by atoms with van der Waals surface area (Å²) in [6, 6.07) is 0.0710. The van der Waals surface area contributed by atoms with Crippen LogP contribution in [-0.2, 0) is 9.53 Å². The van der Waals surface area contributed by atoms with E-state index in [1.165, 1.54) is 0 Å². The number of rotatable bonds is 5. The molecule has 0 aliphatic carbocycles. The molecule has 0 saturated carbocycles. The van der Waals surface area contributed by atoms with Gasteiger partial charge in [-0.25, -0.2) is 0 Å². The summed E-state index contributed by atoms with van der Waals surface area (Å²) < 4.78 is 5.62. The minimum absolute atomic E-state index is 0.0710. The van der Waals surface area contributed by atoms with Gasteiger partial charge in [0, 0.05) is 12.5 Å². The number of nitrogens with one attached hydrogen (secondary N) is 1. The van der Waals surface area contributed by atoms with Crippen molar-refractivity contribution in [3.05, 3.63) is 0 Å². The molecular formula is C14H29NO2. The van der Waals surface area contributed by atoms with Crippen LogP contribution in [0.3, 0.4) is 0 Å². The molecule has 0 aromatic rings. The van der Waals surface area contributed by atoms with Gasteiger partial charge in [0.1, 0.15) is 0 Å². The normalized spacial score (nSPS) is 14.5. The molecule has 3 nitrogen and oxygen atoms in total. The van der Waals surface area contributed by atoms with Crippen LogP contribution in [0.4, 0.5) is 0 Å². The molecule has 1 amide bonds. The van der Waals surface area contributed by atoms with E-state index in [1.807, 2.05) is 27.7 Å². The molecule has 0 bridgehead atoms. The lowest BCUT2D eigenvalue weighted by molar-refractivity contribution is -0.123. The Balaban J connectivity index is 3.81. The van der Waals surface area contributed by atoms with E-state index in [9.17, 15) is 4.79 Å². The summed E-state index contributed by atoms with van der Waals surface area (Å²) in [5.41, 5.74) is 0.0624. The average molecular weight is 243 g/mol. The van der Waals surface area contributed by atoms with Crippen molar-refractivity contribution < 1.29 is 9.53 Å². The van der Waals surface area contributed by atoms with E-state index < -0.39 is 0 Å². The monoisotopic (exact) mass is 243 g/mol. The molecule has 1 N–H and O–H groups in total. The van der Waals surface area contributed by atoms with Crippen LogP contribution in [0.15, 0.2) is 0 Å². The zero-order valence-corrected chi connectivity index (χ0v) is 12.5. The lowest BCUT2D eigenvalue weighted by Crippen LogP contribution is -2.38. The van der Waals surface area contributed by atoms with Crippen LogP contribution in [0.2, 0.25) is 0 Å². The Labute approximate surface area is 106 Å². The highest BCUT2D eigenvalue weighted by molar-refractivity contribution is 5.76. The topological polar surface area (TPSA) is 38.3 Å². The molecule has 3 heteroatoms. The average Bonchev–Trinajstić information content (AvgIpc) is 2.09. The van der Waals surface area contributed by atoms with Crippen molar-refractivity contribution in [1.29, 1.82) is 0 Å². The Morgan fingerprint density at radius 1 is 1.18 bits per heavy atom. The molecule has 0 saturated heterocycles. The van der Waals surface area contributed by atoms with Crippen LogP contribution >= 0.6 is 0 Å². The molecule has 0 radical (unpaired) electrons. The highest BCUT2D eigenvalue weighted by Gasteiger charge is 2.16. The number of amides is 1. The largest absolute Gasteiger partial charge is 0.374 e. The summed E-state index contributed by atoms with van der Waals surface area (Å²) in [7, 11) is 0. The SMILES string of the molecule is CC(COC(C)(C)C)NC(=O)CCC(C)(C)C. The van der Waals surface area contributed by atoms with Gasteiger partial charge in [-0.1, -0.05) is 20.8 Å². The maximum atomic E-state index is 11.7. The van der Waals surface area contributed by atoms with E-state index >= 15 is 0 Å². The predicted octanol–water partition coefficient (Wildman–Crippen LogP) is 3.13. The molecule has 17 heavy (non-hydrogen) atoms. The summed E-state index contributed by atoms with van der Waals surface area (Å²) in [4.78, 5) is 11.7. The highest BCUT2D eigenvalue weighted by atomic mass is 16.5. The van der Waals surface area contributed by atoms with Crippen LogP contribution in [0.1, 0.15) is 61.3 Å². The van der Waals surface area contributed by atoms with Crippen molar-refractivity contribution in [1.82, 2.24) is 5.32 Å². The number of hydrogen-bond acceptors (Lipinski definition) is 2. The minimum Gasteiger partial charge on any atom is -0.374 e. The Morgan fingerprint density at radius 2 is 1.71 bits per heavy atom. The van der Waals surface area contributed by atoms with Crippen LogP contribution in [-0.4, -0.2) is 24.2 Å². The van der Waals surface area contributed by atoms with Crippen molar-refractivity contribution in [3.63, 3.8) is 0 Å². The van der Waals surface area contributed by atoms with Gasteiger partial charge in [0.2, 0.25) is 5.91 Å². The summed E-state index contributed by atoms with van der Waals surface area (Å²) in [6.45, 7) is 15.0. The lowest BCUT2D eigenvalue weighted by Gasteiger charge is -2.23. The molecule has 0 aromatic heterocycles. The third-order valence-corrected chi connectivity index (χ3v) is 2.28. The van der Waals surface area contributed by atoms with Crippen molar-refractivity contribution >= 4 is 5.91 Å². The third-order valence-electron chi connectivity index (χ3n) is 2.28. The van der Waals surface area contributed by atoms with Crippen molar-refractivity contribution in [2.45, 2.75) is 73.0 Å². The Kier molecular flexibility index (Phi) is 6.17. The summed E-state index contributed by atoms with van der Waals surface area (Å²) >= 11 is 0. The standard InChI is InChI=1S/C14H29NO2/c1-11(10-17-14(5,6)7)15-12(16)8-9-13(2,3)4/h11H,8-10H2,1-7H3,(H,15,16). The first-order valence-electron chi connectivity index (χ1n) is 6.43. The Hall–Kier alpha value is -0.570. The Bertz CT molecular complexity index is 236. The molecule has 0 spiro atoms. The first kappa shape index (κ1) is 16.4. The zero-order valence-electron chi connectivity index (χ0n) is 12.5. The number of ether oxygens (including phenoxy) is 1. The molecule has 102 valence electrons. The van der Waals surface area contributed by atoms with Crippen molar-refractivity contribution in [2.24, 2.45) is 5.41 Å². The van der Waals surface area contributed by atoms with Gasteiger partial charge in [-0.15, -0.1) is 0 Å². The van der Waals surface area contributed by atoms with Gasteiger partial charge in [-0.05, 0) is 39.5 Å². The van der Waals surface area contributed by atoms with Gasteiger partial charge in [-0.2, -0.15) is 0 Å². The second kappa shape index (κ2) is 6.39. The number of carbonyl (C=O) groups excluding carboxylic acids is 1. The minimum atomic E-state index is -0.148. The van der Waals surface area contributed by atoms with Gasteiger partial charge in [0.15, 0.2) is 0 Å². The van der Waals surface area contributed by atoms with Gasteiger partial charge >= 0.3 is 0 Å². The van der Waals surface area contributed by atoms with Crippen LogP contribution in [0.5, 0.6) is 0 Å². The van der Waals surface area contributed by atoms with Gasteiger partial charge < -0.3 is 10.1 Å². The molecule has 0 aliphatic heterocycles. The van der Waals surface area contributed by atoms with E-state index in [1.54, 1.807) is 0 Å². The summed E-state index contributed by atoms with van der Waals surface area (Å²) in [6.07, 6.45) is 1.50. The first-order valence-corrected chi connectivity index (χ1v) is 6.43. The fourth-order valence-electron chi connectivity index (χ4n) is 1.25. The van der Waals surface area contributed by atoms with Crippen LogP contribution in [0, 0.1) is 5.41 Å². The van der Waals surface area contributed by atoms with Gasteiger partial charge in [0.25, 0.3) is 0 Å². The second-order valence-corrected chi connectivity index (χ2v) is 6.95. The van der Waals surface area contributed by atoms with E-state index in [-0.39, 0.29) is 23.0 Å². The molecule has 0 aliphatic rings.